The fourth-order valence-corrected chi connectivity index (χ4v) is 4.75. The summed E-state index contributed by atoms with van der Waals surface area (Å²) in [5, 5.41) is 5.30. The Bertz CT molecular complexity index is 1010. The Balaban J connectivity index is 1.80. The highest BCUT2D eigenvalue weighted by atomic mass is 16.2. The number of piperidine rings is 1. The lowest BCUT2D eigenvalue weighted by molar-refractivity contribution is -0.147. The van der Waals surface area contributed by atoms with Crippen LogP contribution in [0, 0.1) is 0 Å². The number of carbonyl (C=O) groups excluding carboxylic acids is 2. The predicted octanol–water partition coefficient (Wildman–Crippen LogP) is 1.94. The lowest BCUT2D eigenvalue weighted by atomic mass is 9.84. The maximum atomic E-state index is 13.6. The molecule has 0 aliphatic carbocycles. The van der Waals surface area contributed by atoms with Gasteiger partial charge in [-0.3, -0.25) is 14.4 Å². The van der Waals surface area contributed by atoms with E-state index in [1.54, 1.807) is 36.2 Å². The number of nitrogens with zero attached hydrogens (tertiary/aromatic N) is 4. The Morgan fingerprint density at radius 1 is 1.07 bits per heavy atom. The van der Waals surface area contributed by atoms with Crippen LogP contribution in [0.25, 0.3) is 10.8 Å². The molecule has 7 nitrogen and oxygen atoms in total. The normalized spacial score (nSPS) is 22.6. The molecule has 1 aromatic carbocycles. The second-order valence-electron chi connectivity index (χ2n) is 8.11. The molecule has 0 saturated carbocycles. The van der Waals surface area contributed by atoms with Gasteiger partial charge in [0.15, 0.2) is 5.69 Å². The van der Waals surface area contributed by atoms with Crippen LogP contribution in [0.3, 0.4) is 0 Å². The fourth-order valence-electron chi connectivity index (χ4n) is 4.75. The van der Waals surface area contributed by atoms with Gasteiger partial charge in [0.1, 0.15) is 5.54 Å². The number of rotatable bonds is 2. The van der Waals surface area contributed by atoms with Gasteiger partial charge in [0.05, 0.1) is 5.39 Å². The minimum atomic E-state index is -0.781. The van der Waals surface area contributed by atoms with Crippen molar-refractivity contribution in [3.63, 3.8) is 0 Å². The summed E-state index contributed by atoms with van der Waals surface area (Å²) >= 11 is 0. The Morgan fingerprint density at radius 3 is 2.39 bits per heavy atom. The van der Waals surface area contributed by atoms with E-state index in [2.05, 4.69) is 5.10 Å². The molecule has 1 atom stereocenters. The summed E-state index contributed by atoms with van der Waals surface area (Å²) in [6.07, 6.45) is 3.05. The number of carbonyl (C=O) groups is 2. The van der Waals surface area contributed by atoms with Crippen molar-refractivity contribution >= 4 is 22.6 Å². The first kappa shape index (κ1) is 18.7. The van der Waals surface area contributed by atoms with Gasteiger partial charge < -0.3 is 9.80 Å². The van der Waals surface area contributed by atoms with E-state index in [1.807, 2.05) is 18.7 Å². The zero-order valence-electron chi connectivity index (χ0n) is 16.6. The third kappa shape index (κ3) is 2.64. The second kappa shape index (κ2) is 6.72. The molecule has 3 heterocycles. The predicted molar refractivity (Wildman–Crippen MR) is 106 cm³/mol. The van der Waals surface area contributed by atoms with Crippen molar-refractivity contribution in [1.29, 1.82) is 0 Å². The van der Waals surface area contributed by atoms with E-state index >= 15 is 0 Å². The topological polar surface area (TPSA) is 75.5 Å². The largest absolute Gasteiger partial charge is 0.338 e. The van der Waals surface area contributed by atoms with Crippen LogP contribution >= 0.6 is 0 Å². The van der Waals surface area contributed by atoms with Crippen LogP contribution in [0.1, 0.15) is 50.0 Å². The highest BCUT2D eigenvalue weighted by Crippen LogP contribution is 2.39. The first-order valence-corrected chi connectivity index (χ1v) is 9.96. The van der Waals surface area contributed by atoms with Crippen LogP contribution in [0.2, 0.25) is 0 Å². The first-order chi connectivity index (χ1) is 13.4. The van der Waals surface area contributed by atoms with Gasteiger partial charge in [-0.25, -0.2) is 4.68 Å². The molecular formula is C21H26N4O3. The zero-order valence-corrected chi connectivity index (χ0v) is 16.6. The summed E-state index contributed by atoms with van der Waals surface area (Å²) < 4.78 is 1.21. The molecular weight excluding hydrogens is 356 g/mol. The lowest BCUT2D eigenvalue weighted by Gasteiger charge is -2.45. The minimum absolute atomic E-state index is 0.0497. The number of hydrogen-bond donors (Lipinski definition) is 0. The fraction of sp³-hybridized carbons (Fsp3) is 0.524. The summed E-state index contributed by atoms with van der Waals surface area (Å²) in [6.45, 7) is 5.30. The van der Waals surface area contributed by atoms with Gasteiger partial charge in [-0.05, 0) is 45.6 Å². The van der Waals surface area contributed by atoms with E-state index in [1.165, 1.54) is 4.68 Å². The maximum Gasteiger partial charge on any atom is 0.275 e. The Labute approximate surface area is 163 Å². The van der Waals surface area contributed by atoms with Crippen molar-refractivity contribution in [2.75, 3.05) is 13.1 Å². The van der Waals surface area contributed by atoms with E-state index in [0.29, 0.717) is 30.2 Å². The van der Waals surface area contributed by atoms with Crippen molar-refractivity contribution < 1.29 is 9.59 Å². The van der Waals surface area contributed by atoms with E-state index in [-0.39, 0.29) is 29.1 Å². The van der Waals surface area contributed by atoms with Crippen LogP contribution in [0.5, 0.6) is 0 Å². The average molecular weight is 382 g/mol. The zero-order chi connectivity index (χ0) is 20.1. The van der Waals surface area contributed by atoms with Gasteiger partial charge in [-0.1, -0.05) is 18.2 Å². The molecule has 1 aromatic heterocycles. The Kier molecular flexibility index (Phi) is 4.48. The number of likely N-dealkylation sites (tertiary alicyclic amines) is 2. The lowest BCUT2D eigenvalue weighted by Crippen LogP contribution is -2.62. The number of amides is 2. The van der Waals surface area contributed by atoms with Crippen LogP contribution in [-0.4, -0.2) is 56.1 Å². The average Bonchev–Trinajstić information content (AvgIpc) is 3.10. The summed E-state index contributed by atoms with van der Waals surface area (Å²) in [5.41, 5.74) is -0.770. The quantitative estimate of drug-likeness (QED) is 0.795. The highest BCUT2D eigenvalue weighted by molar-refractivity contribution is 6.07. The minimum Gasteiger partial charge on any atom is -0.338 e. The van der Waals surface area contributed by atoms with Crippen molar-refractivity contribution in [3.05, 3.63) is 40.3 Å². The van der Waals surface area contributed by atoms with Crippen molar-refractivity contribution in [2.45, 2.75) is 51.1 Å². The van der Waals surface area contributed by atoms with E-state index < -0.39 is 5.54 Å². The van der Waals surface area contributed by atoms with Crippen molar-refractivity contribution in [2.24, 2.45) is 7.05 Å². The Morgan fingerprint density at radius 2 is 1.71 bits per heavy atom. The molecule has 2 amide bonds. The molecule has 1 unspecified atom stereocenters. The second-order valence-corrected chi connectivity index (χ2v) is 8.11. The molecule has 7 heteroatoms. The molecule has 2 fully saturated rings. The van der Waals surface area contributed by atoms with Gasteiger partial charge in [0.2, 0.25) is 5.91 Å². The number of fused-ring (bicyclic) bond motifs is 1. The van der Waals surface area contributed by atoms with Gasteiger partial charge >= 0.3 is 0 Å². The van der Waals surface area contributed by atoms with E-state index in [4.69, 9.17) is 0 Å². The van der Waals surface area contributed by atoms with E-state index in [9.17, 15) is 14.4 Å². The molecule has 28 heavy (non-hydrogen) atoms. The number of aryl methyl sites for hydroxylation is 1. The molecule has 0 N–H and O–H groups in total. The number of hydrogen-bond acceptors (Lipinski definition) is 4. The first-order valence-electron chi connectivity index (χ1n) is 9.96. The van der Waals surface area contributed by atoms with Crippen LogP contribution in [0.15, 0.2) is 29.1 Å². The molecule has 0 bridgehead atoms. The molecule has 4 rings (SSSR count). The third-order valence-electron chi connectivity index (χ3n) is 6.16. The molecule has 2 aliphatic heterocycles. The van der Waals surface area contributed by atoms with Crippen molar-refractivity contribution in [1.82, 2.24) is 19.6 Å². The van der Waals surface area contributed by atoms with Crippen molar-refractivity contribution in [3.8, 4) is 0 Å². The van der Waals surface area contributed by atoms with Gasteiger partial charge in [-0.2, -0.15) is 5.10 Å². The molecule has 148 valence electrons. The molecule has 2 aliphatic rings. The molecule has 1 spiro atoms. The molecule has 2 aromatic rings. The monoisotopic (exact) mass is 382 g/mol. The van der Waals surface area contributed by atoms with Gasteiger partial charge in [0.25, 0.3) is 11.5 Å². The van der Waals surface area contributed by atoms with Gasteiger partial charge in [-0.15, -0.1) is 0 Å². The number of aromatic nitrogens is 2. The highest BCUT2D eigenvalue weighted by Gasteiger charge is 2.53. The van der Waals surface area contributed by atoms with Crippen LogP contribution < -0.4 is 5.56 Å². The summed E-state index contributed by atoms with van der Waals surface area (Å²) in [6, 6.07) is 7.15. The number of benzene rings is 1. The smallest absolute Gasteiger partial charge is 0.275 e. The maximum absolute atomic E-state index is 13.6. The van der Waals surface area contributed by atoms with Gasteiger partial charge in [0, 0.05) is 31.6 Å². The molecule has 2 saturated heterocycles. The Hall–Kier alpha value is -2.70. The van der Waals surface area contributed by atoms with Crippen LogP contribution in [-0.2, 0) is 11.8 Å². The summed E-state index contributed by atoms with van der Waals surface area (Å²) in [4.78, 5) is 43.0. The van der Waals surface area contributed by atoms with Crippen LogP contribution in [0.4, 0.5) is 0 Å². The summed E-state index contributed by atoms with van der Waals surface area (Å²) in [7, 11) is 1.55. The summed E-state index contributed by atoms with van der Waals surface area (Å²) in [5.74, 6) is -0.211. The standard InChI is InChI=1S/C21H26N4O3/c1-14(2)24-12-6-10-21(20(24)28)11-7-13-25(21)19(27)17-15-8-4-5-9-16(15)18(26)23(3)22-17/h4-5,8-9,14H,6-7,10-13H2,1-3H3. The molecule has 0 radical (unpaired) electrons. The van der Waals surface area contributed by atoms with E-state index in [0.717, 1.165) is 19.4 Å². The third-order valence-corrected chi connectivity index (χ3v) is 6.16. The SMILES string of the molecule is CC(C)N1CCCC2(CCCN2C(=O)c2nn(C)c(=O)c3ccccc23)C1=O.